The maximum Gasteiger partial charge on any atom is 0.243 e. The predicted molar refractivity (Wildman–Crippen MR) is 198 cm³/mol. The summed E-state index contributed by atoms with van der Waals surface area (Å²) in [4.78, 5) is 69.4. The Kier molecular flexibility index (Phi) is 11.5. The Balaban J connectivity index is 1.59. The highest BCUT2D eigenvalue weighted by atomic mass is 16.6. The van der Waals surface area contributed by atoms with Crippen LogP contribution in [-0.4, -0.2) is 103 Å². The molecule has 4 N–H and O–H groups in total. The van der Waals surface area contributed by atoms with Crippen molar-refractivity contribution in [1.82, 2.24) is 26.2 Å². The van der Waals surface area contributed by atoms with Crippen molar-refractivity contribution in [3.63, 3.8) is 0 Å². The highest BCUT2D eigenvalue weighted by Crippen LogP contribution is 2.29. The van der Waals surface area contributed by atoms with Gasteiger partial charge >= 0.3 is 0 Å². The molecule has 5 atom stereocenters. The molecule has 0 unspecified atom stereocenters. The molecule has 4 rings (SSSR count). The van der Waals surface area contributed by atoms with Crippen molar-refractivity contribution < 1.29 is 44.4 Å². The van der Waals surface area contributed by atoms with Crippen LogP contribution in [0.5, 0.6) is 0 Å². The summed E-state index contributed by atoms with van der Waals surface area (Å²) < 4.78 is 74.9. The summed E-state index contributed by atoms with van der Waals surface area (Å²) in [6.07, 6.45) is 0.669. The minimum atomic E-state index is -3.38. The molecule has 0 saturated carbocycles. The standard InChI is InChI=1S/C40H57N5O7/c1-27(2)22-32(36(47)40(5)26-52-40)42-39(50)34(24-30-14-10-7-11-15-30)44-38(49)33(23-28(3)4)43-37(48)31(17-16-29-12-8-6-9-13-29)41-35(46)25-45-18-20-51-21-19-45/h6-15,27-28,31-34H,16-26H2,1-5H3,(H,41,46)(H,42,50)(H,43,48)(H,44,49)/t31-,32-,33-,34-,40+/m0/s1/i18D2,19D2,20D2,21D2. The zero-order chi connectivity index (χ0) is 44.8. The van der Waals surface area contributed by atoms with Gasteiger partial charge in [0.1, 0.15) is 23.7 Å². The number of amides is 4. The second kappa shape index (κ2) is 19.6. The number of nitrogens with one attached hydrogen (secondary N) is 4. The van der Waals surface area contributed by atoms with E-state index in [0.717, 1.165) is 5.56 Å². The van der Waals surface area contributed by atoms with Gasteiger partial charge < -0.3 is 30.7 Å². The molecule has 2 aliphatic heterocycles. The number of aryl methyl sites for hydroxylation is 1. The molecule has 52 heavy (non-hydrogen) atoms. The van der Waals surface area contributed by atoms with Gasteiger partial charge in [-0.15, -0.1) is 0 Å². The van der Waals surface area contributed by atoms with Gasteiger partial charge in [0.2, 0.25) is 23.6 Å². The quantitative estimate of drug-likeness (QED) is 0.152. The van der Waals surface area contributed by atoms with Crippen LogP contribution >= 0.6 is 0 Å². The Bertz CT molecular complexity index is 1810. The molecule has 0 radical (unpaired) electrons. The molecule has 2 aliphatic rings. The Morgan fingerprint density at radius 3 is 1.81 bits per heavy atom. The Morgan fingerprint density at radius 1 is 0.731 bits per heavy atom. The fourth-order valence-electron chi connectivity index (χ4n) is 5.80. The normalized spacial score (nSPS) is 25.8. The molecule has 2 aromatic rings. The van der Waals surface area contributed by atoms with Crippen LogP contribution in [0.25, 0.3) is 0 Å². The van der Waals surface area contributed by atoms with E-state index in [1.165, 1.54) is 0 Å². The minimum absolute atomic E-state index is 0.0364. The molecule has 12 heteroatoms. The molecule has 2 saturated heterocycles. The van der Waals surface area contributed by atoms with Crippen LogP contribution in [0.3, 0.4) is 0 Å². The summed E-state index contributed by atoms with van der Waals surface area (Å²) >= 11 is 0. The second-order valence-electron chi connectivity index (χ2n) is 14.3. The van der Waals surface area contributed by atoms with Gasteiger partial charge in [-0.25, -0.2) is 0 Å². The zero-order valence-electron chi connectivity index (χ0n) is 38.5. The lowest BCUT2D eigenvalue weighted by atomic mass is 9.93. The molecule has 0 spiro atoms. The van der Waals surface area contributed by atoms with E-state index in [9.17, 15) is 24.0 Å². The SMILES string of the molecule is [2H]C1([2H])OC([2H])([2H])C([2H])([2H])N(CC(=O)N[C@@H](CCc2ccccc2)C(=O)N[C@@H](CC(C)C)C(=O)N[C@@H](Cc2ccccc2)C(=O)N[C@@H](CC(C)C)C(=O)[C@@]2(C)CO2)C1([2H])[2H]. The van der Waals surface area contributed by atoms with Gasteiger partial charge in [0, 0.05) is 24.9 Å². The number of carbonyl (C=O) groups excluding carboxylic acids is 5. The molecular weight excluding hydrogens is 662 g/mol. The van der Waals surface area contributed by atoms with Crippen molar-refractivity contribution >= 4 is 29.4 Å². The summed E-state index contributed by atoms with van der Waals surface area (Å²) in [7, 11) is 0. The van der Waals surface area contributed by atoms with Crippen molar-refractivity contribution in [1.29, 1.82) is 0 Å². The Labute approximate surface area is 319 Å². The van der Waals surface area contributed by atoms with Crippen molar-refractivity contribution in [2.75, 3.05) is 39.3 Å². The molecular formula is C40H57N5O7. The van der Waals surface area contributed by atoms with Gasteiger partial charge in [0.05, 0.1) is 37.8 Å². The maximum atomic E-state index is 14.2. The summed E-state index contributed by atoms with van der Waals surface area (Å²) in [5.41, 5.74) is 0.491. The second-order valence-corrected chi connectivity index (χ2v) is 14.3. The largest absolute Gasteiger partial charge is 0.379 e. The van der Waals surface area contributed by atoms with E-state index in [1.807, 2.05) is 27.7 Å². The molecule has 12 nitrogen and oxygen atoms in total. The fourth-order valence-corrected chi connectivity index (χ4v) is 5.80. The molecule has 2 aromatic carbocycles. The van der Waals surface area contributed by atoms with E-state index in [4.69, 9.17) is 15.7 Å². The van der Waals surface area contributed by atoms with Crippen LogP contribution in [0.4, 0.5) is 0 Å². The van der Waals surface area contributed by atoms with Gasteiger partial charge in [-0.05, 0) is 55.6 Å². The van der Waals surface area contributed by atoms with Gasteiger partial charge in [-0.3, -0.25) is 28.9 Å². The first kappa shape index (κ1) is 30.3. The van der Waals surface area contributed by atoms with Crippen molar-refractivity contribution in [2.24, 2.45) is 11.8 Å². The summed E-state index contributed by atoms with van der Waals surface area (Å²) in [6, 6.07) is 13.1. The highest BCUT2D eigenvalue weighted by molar-refractivity contribution is 5.98. The van der Waals surface area contributed by atoms with E-state index in [0.29, 0.717) is 12.0 Å². The number of benzene rings is 2. The number of ether oxygens (including phenoxy) is 2. The van der Waals surface area contributed by atoms with E-state index < -0.39 is 86.1 Å². The molecule has 284 valence electrons. The average Bonchev–Trinajstić information content (AvgIpc) is 3.91. The monoisotopic (exact) mass is 727 g/mol. The van der Waals surface area contributed by atoms with Crippen molar-refractivity contribution in [3.05, 3.63) is 71.8 Å². The number of rotatable bonds is 20. The van der Waals surface area contributed by atoms with E-state index in [2.05, 4.69) is 26.0 Å². The van der Waals surface area contributed by atoms with E-state index in [-0.39, 0.29) is 54.8 Å². The molecule has 2 heterocycles. The van der Waals surface area contributed by atoms with Gasteiger partial charge in [0.15, 0.2) is 5.78 Å². The molecule has 0 aliphatic carbocycles. The number of carbonyl (C=O) groups is 5. The number of nitrogens with zero attached hydrogens (tertiary/aromatic N) is 1. The molecule has 0 bridgehead atoms. The third-order valence-corrected chi connectivity index (χ3v) is 8.68. The van der Waals surface area contributed by atoms with Crippen LogP contribution in [0.15, 0.2) is 60.7 Å². The Hall–Kier alpha value is -4.13. The van der Waals surface area contributed by atoms with Crippen LogP contribution in [-0.2, 0) is 46.3 Å². The third kappa shape index (κ3) is 13.1. The lowest BCUT2D eigenvalue weighted by Crippen LogP contribution is -2.59. The first-order chi connectivity index (χ1) is 27.8. The van der Waals surface area contributed by atoms with Crippen LogP contribution < -0.4 is 21.3 Å². The molecule has 4 amide bonds. The smallest absolute Gasteiger partial charge is 0.243 e. The van der Waals surface area contributed by atoms with Crippen molar-refractivity contribution in [3.8, 4) is 0 Å². The Morgan fingerprint density at radius 2 is 1.23 bits per heavy atom. The lowest BCUT2D eigenvalue weighted by Gasteiger charge is -2.29. The van der Waals surface area contributed by atoms with Gasteiger partial charge in [0.25, 0.3) is 0 Å². The molecule has 2 fully saturated rings. The highest BCUT2D eigenvalue weighted by Gasteiger charge is 2.50. The maximum absolute atomic E-state index is 14.2. The lowest BCUT2D eigenvalue weighted by molar-refractivity contribution is -0.135. The first-order valence-electron chi connectivity index (χ1n) is 21.7. The predicted octanol–water partition coefficient (Wildman–Crippen LogP) is 2.58. The number of hydrogen-bond donors (Lipinski definition) is 4. The van der Waals surface area contributed by atoms with E-state index >= 15 is 0 Å². The number of hydrogen-bond acceptors (Lipinski definition) is 8. The molecule has 0 aromatic heterocycles. The number of Topliss-reactive ketones (excluding diaryl/α,β-unsaturated/α-hetero) is 1. The first-order valence-corrected chi connectivity index (χ1v) is 17.7. The van der Waals surface area contributed by atoms with Crippen LogP contribution in [0.1, 0.15) is 76.0 Å². The number of ketones is 1. The van der Waals surface area contributed by atoms with Gasteiger partial charge in [-0.1, -0.05) is 88.4 Å². The average molecular weight is 728 g/mol. The summed E-state index contributed by atoms with van der Waals surface area (Å²) in [6.45, 7) is -5.29. The third-order valence-electron chi connectivity index (χ3n) is 8.68. The zero-order valence-corrected chi connectivity index (χ0v) is 30.5. The van der Waals surface area contributed by atoms with Crippen molar-refractivity contribution in [2.45, 2.75) is 96.5 Å². The van der Waals surface area contributed by atoms with E-state index in [1.54, 1.807) is 67.6 Å². The summed E-state index contributed by atoms with van der Waals surface area (Å²) in [5, 5.41) is 10.8. The van der Waals surface area contributed by atoms with Crippen LogP contribution in [0, 0.1) is 11.8 Å². The fraction of sp³-hybridized carbons (Fsp3) is 0.575. The summed E-state index contributed by atoms with van der Waals surface area (Å²) in [5.74, 6) is -3.70. The number of epoxide rings is 1. The van der Waals surface area contributed by atoms with Gasteiger partial charge in [-0.2, -0.15) is 0 Å². The minimum Gasteiger partial charge on any atom is -0.379 e. The van der Waals surface area contributed by atoms with Crippen LogP contribution in [0.2, 0.25) is 0 Å². The topological polar surface area (TPSA) is 158 Å². The number of morpholine rings is 1.